The number of halogens is 1. The molecule has 0 fully saturated rings. The van der Waals surface area contributed by atoms with Crippen LogP contribution in [0.25, 0.3) is 0 Å². The van der Waals surface area contributed by atoms with Gasteiger partial charge in [0.05, 0.1) is 0 Å². The van der Waals surface area contributed by atoms with Crippen LogP contribution in [0.15, 0.2) is 36.5 Å². The lowest BCUT2D eigenvalue weighted by Crippen LogP contribution is -2.09. The maximum atomic E-state index is 13.1. The van der Waals surface area contributed by atoms with E-state index in [4.69, 9.17) is 5.11 Å². The zero-order valence-corrected chi connectivity index (χ0v) is 9.35. The molecule has 0 spiro atoms. The van der Waals surface area contributed by atoms with Gasteiger partial charge in [0.25, 0.3) is 0 Å². The van der Waals surface area contributed by atoms with E-state index in [1.54, 1.807) is 22.9 Å². The van der Waals surface area contributed by atoms with Crippen LogP contribution in [0.5, 0.6) is 0 Å². The highest BCUT2D eigenvalue weighted by Crippen LogP contribution is 2.13. The third kappa shape index (κ3) is 2.36. The lowest BCUT2D eigenvalue weighted by molar-refractivity contribution is 0.0685. The van der Waals surface area contributed by atoms with E-state index in [9.17, 15) is 9.18 Å². The van der Waals surface area contributed by atoms with Crippen molar-refractivity contribution in [2.75, 3.05) is 0 Å². The topological polar surface area (TPSA) is 42.2 Å². The highest BCUT2D eigenvalue weighted by atomic mass is 19.1. The van der Waals surface area contributed by atoms with Gasteiger partial charge in [-0.15, -0.1) is 0 Å². The molecule has 4 heteroatoms. The van der Waals surface area contributed by atoms with Gasteiger partial charge in [0.1, 0.15) is 11.5 Å². The second kappa shape index (κ2) is 4.41. The predicted octanol–water partition coefficient (Wildman–Crippen LogP) is 2.68. The average Bonchev–Trinajstić information content (AvgIpc) is 2.71. The summed E-state index contributed by atoms with van der Waals surface area (Å²) in [5.74, 6) is -1.29. The molecule has 1 aromatic carbocycles. The zero-order chi connectivity index (χ0) is 12.4. The summed E-state index contributed by atoms with van der Waals surface area (Å²) in [6.07, 6.45) is 1.67. The van der Waals surface area contributed by atoms with Crippen molar-refractivity contribution in [2.24, 2.45) is 0 Å². The third-order valence-corrected chi connectivity index (χ3v) is 2.70. The molecule has 2 aromatic rings. The standard InChI is InChI=1S/C13H12FNO2/c1-9-4-5-11(14)7-10(9)8-15-6-2-3-12(15)13(16)17/h2-7H,8H2,1H3,(H,16,17). The average molecular weight is 233 g/mol. The molecule has 0 unspecified atom stereocenters. The van der Waals surface area contributed by atoms with Gasteiger partial charge in [-0.3, -0.25) is 0 Å². The second-order valence-corrected chi connectivity index (χ2v) is 3.90. The molecule has 0 amide bonds. The first kappa shape index (κ1) is 11.4. The highest BCUT2D eigenvalue weighted by molar-refractivity contribution is 5.85. The number of carbonyl (C=O) groups is 1. The Bertz CT molecular complexity index is 560. The summed E-state index contributed by atoms with van der Waals surface area (Å²) < 4.78 is 14.7. The molecule has 1 N–H and O–H groups in total. The number of carboxylic acids is 1. The molecule has 0 bridgehead atoms. The van der Waals surface area contributed by atoms with Gasteiger partial charge in [-0.2, -0.15) is 0 Å². The fraction of sp³-hybridized carbons (Fsp3) is 0.154. The number of carboxylic acid groups (broad SMARTS) is 1. The van der Waals surface area contributed by atoms with Gasteiger partial charge < -0.3 is 9.67 Å². The summed E-state index contributed by atoms with van der Waals surface area (Å²) in [5, 5.41) is 8.96. The van der Waals surface area contributed by atoms with Gasteiger partial charge in [0, 0.05) is 12.7 Å². The van der Waals surface area contributed by atoms with Crippen LogP contribution in [0, 0.1) is 12.7 Å². The van der Waals surface area contributed by atoms with Gasteiger partial charge in [0.2, 0.25) is 0 Å². The van der Waals surface area contributed by atoms with Gasteiger partial charge in [0.15, 0.2) is 0 Å². The zero-order valence-electron chi connectivity index (χ0n) is 9.35. The lowest BCUT2D eigenvalue weighted by atomic mass is 10.1. The Morgan fingerprint density at radius 2 is 2.18 bits per heavy atom. The van der Waals surface area contributed by atoms with Crippen LogP contribution < -0.4 is 0 Å². The number of aryl methyl sites for hydroxylation is 1. The van der Waals surface area contributed by atoms with Crippen molar-refractivity contribution in [1.29, 1.82) is 0 Å². The van der Waals surface area contributed by atoms with Crippen LogP contribution in [0.1, 0.15) is 21.6 Å². The Hall–Kier alpha value is -2.10. The normalized spacial score (nSPS) is 10.5. The van der Waals surface area contributed by atoms with E-state index in [1.807, 2.05) is 6.92 Å². The molecule has 0 radical (unpaired) electrons. The summed E-state index contributed by atoms with van der Waals surface area (Å²) in [7, 11) is 0. The van der Waals surface area contributed by atoms with Crippen molar-refractivity contribution in [3.63, 3.8) is 0 Å². The quantitative estimate of drug-likeness (QED) is 0.885. The van der Waals surface area contributed by atoms with Crippen molar-refractivity contribution in [1.82, 2.24) is 4.57 Å². The van der Waals surface area contributed by atoms with E-state index in [1.165, 1.54) is 18.2 Å². The number of hydrogen-bond donors (Lipinski definition) is 1. The summed E-state index contributed by atoms with van der Waals surface area (Å²) in [5.41, 5.74) is 1.92. The molecule has 0 aliphatic heterocycles. The lowest BCUT2D eigenvalue weighted by Gasteiger charge is -2.09. The third-order valence-electron chi connectivity index (χ3n) is 2.70. The number of hydrogen-bond acceptors (Lipinski definition) is 1. The molecule has 1 heterocycles. The molecule has 0 aliphatic rings. The summed E-state index contributed by atoms with van der Waals surface area (Å²) in [4.78, 5) is 10.9. The van der Waals surface area contributed by atoms with Crippen LogP contribution in [-0.2, 0) is 6.54 Å². The first-order valence-corrected chi connectivity index (χ1v) is 5.21. The van der Waals surface area contributed by atoms with Crippen molar-refractivity contribution in [2.45, 2.75) is 13.5 Å². The minimum Gasteiger partial charge on any atom is -0.477 e. The molecule has 0 aliphatic carbocycles. The first-order valence-electron chi connectivity index (χ1n) is 5.21. The van der Waals surface area contributed by atoms with E-state index >= 15 is 0 Å². The fourth-order valence-electron chi connectivity index (χ4n) is 1.74. The van der Waals surface area contributed by atoms with Gasteiger partial charge in [-0.25, -0.2) is 9.18 Å². The largest absolute Gasteiger partial charge is 0.477 e. The summed E-state index contributed by atoms with van der Waals surface area (Å²) in [6, 6.07) is 7.71. The minimum atomic E-state index is -0.982. The van der Waals surface area contributed by atoms with Crippen molar-refractivity contribution in [3.05, 3.63) is 59.2 Å². The molecule has 0 atom stereocenters. The van der Waals surface area contributed by atoms with E-state index in [-0.39, 0.29) is 11.5 Å². The number of nitrogens with zero attached hydrogens (tertiary/aromatic N) is 1. The molecule has 17 heavy (non-hydrogen) atoms. The van der Waals surface area contributed by atoms with Crippen molar-refractivity contribution in [3.8, 4) is 0 Å². The second-order valence-electron chi connectivity index (χ2n) is 3.90. The Morgan fingerprint density at radius 3 is 2.88 bits per heavy atom. The molecule has 0 saturated heterocycles. The smallest absolute Gasteiger partial charge is 0.352 e. The number of aromatic nitrogens is 1. The molecule has 2 rings (SSSR count). The van der Waals surface area contributed by atoms with Gasteiger partial charge in [-0.05, 0) is 42.3 Å². The van der Waals surface area contributed by atoms with Gasteiger partial charge in [-0.1, -0.05) is 6.07 Å². The Labute approximate surface area is 98.1 Å². The number of aromatic carboxylic acids is 1. The highest BCUT2D eigenvalue weighted by Gasteiger charge is 2.10. The maximum Gasteiger partial charge on any atom is 0.352 e. The van der Waals surface area contributed by atoms with Crippen molar-refractivity contribution >= 4 is 5.97 Å². The van der Waals surface area contributed by atoms with Crippen LogP contribution in [0.3, 0.4) is 0 Å². The Kier molecular flexibility index (Phi) is 2.95. The van der Waals surface area contributed by atoms with Crippen LogP contribution in [0.4, 0.5) is 4.39 Å². The minimum absolute atomic E-state index is 0.202. The number of rotatable bonds is 3. The van der Waals surface area contributed by atoms with E-state index in [0.29, 0.717) is 6.54 Å². The van der Waals surface area contributed by atoms with Crippen LogP contribution in [0.2, 0.25) is 0 Å². The van der Waals surface area contributed by atoms with E-state index in [2.05, 4.69) is 0 Å². The molecular formula is C13H12FNO2. The Morgan fingerprint density at radius 1 is 1.41 bits per heavy atom. The predicted molar refractivity (Wildman–Crippen MR) is 61.6 cm³/mol. The van der Waals surface area contributed by atoms with Gasteiger partial charge >= 0.3 is 5.97 Å². The fourth-order valence-corrected chi connectivity index (χ4v) is 1.74. The molecule has 0 saturated carbocycles. The van der Waals surface area contributed by atoms with Crippen LogP contribution >= 0.6 is 0 Å². The monoisotopic (exact) mass is 233 g/mol. The van der Waals surface area contributed by atoms with Crippen LogP contribution in [-0.4, -0.2) is 15.6 Å². The van der Waals surface area contributed by atoms with E-state index < -0.39 is 5.97 Å². The molecule has 1 aromatic heterocycles. The first-order chi connectivity index (χ1) is 8.08. The summed E-state index contributed by atoms with van der Waals surface area (Å²) in [6.45, 7) is 2.23. The SMILES string of the molecule is Cc1ccc(F)cc1Cn1cccc1C(=O)O. The maximum absolute atomic E-state index is 13.1. The molecule has 3 nitrogen and oxygen atoms in total. The molecule has 88 valence electrons. The number of benzene rings is 1. The van der Waals surface area contributed by atoms with E-state index in [0.717, 1.165) is 11.1 Å². The van der Waals surface area contributed by atoms with Crippen molar-refractivity contribution < 1.29 is 14.3 Å². The summed E-state index contributed by atoms with van der Waals surface area (Å²) >= 11 is 0. The Balaban J connectivity index is 2.34. The molecular weight excluding hydrogens is 221 g/mol.